The molecule has 3 heteroatoms. The van der Waals surface area contributed by atoms with E-state index in [1.54, 1.807) is 0 Å². The van der Waals surface area contributed by atoms with E-state index in [0.717, 1.165) is 33.0 Å². The second-order valence-corrected chi connectivity index (χ2v) is 18.6. The third kappa shape index (κ3) is 6.32. The van der Waals surface area contributed by atoms with Crippen molar-refractivity contribution < 1.29 is 0 Å². The predicted octanol–water partition coefficient (Wildman–Crippen LogP) is 16.8. The molecule has 2 atom stereocenters. The first-order valence-electron chi connectivity index (χ1n) is 22.6. The van der Waals surface area contributed by atoms with E-state index in [0.29, 0.717) is 0 Å². The second kappa shape index (κ2) is 16.4. The molecule has 0 saturated heterocycles. The summed E-state index contributed by atoms with van der Waals surface area (Å²) in [5, 5.41) is 2.65. The number of hydrogen-bond donors (Lipinski definition) is 1. The van der Waals surface area contributed by atoms with Crippen molar-refractivity contribution in [3.05, 3.63) is 264 Å². The van der Waals surface area contributed by atoms with Crippen molar-refractivity contribution >= 4 is 61.1 Å². The Balaban J connectivity index is 1.03. The molecule has 12 rings (SSSR count). The molecule has 66 heavy (non-hydrogen) atoms. The van der Waals surface area contributed by atoms with Crippen LogP contribution in [0.15, 0.2) is 241 Å². The fourth-order valence-corrected chi connectivity index (χ4v) is 12.2. The monoisotopic (exact) mass is 877 g/mol. The predicted molar refractivity (Wildman–Crippen MR) is 284 cm³/mol. The fourth-order valence-electron chi connectivity index (χ4n) is 10.6. The maximum atomic E-state index is 4.73. The number of anilines is 2. The highest BCUT2D eigenvalue weighted by Gasteiger charge is 2.53. The second-order valence-electron chi connectivity index (χ2n) is 17.0. The number of fused-ring (bicyclic) bond motifs is 14. The third-order valence-electron chi connectivity index (χ3n) is 13.5. The van der Waals surface area contributed by atoms with Gasteiger partial charge in [0.25, 0.3) is 0 Å². The number of benzene rings is 8. The van der Waals surface area contributed by atoms with Crippen molar-refractivity contribution in [1.82, 2.24) is 0 Å². The van der Waals surface area contributed by atoms with Crippen LogP contribution in [0.1, 0.15) is 34.7 Å². The first-order valence-corrected chi connectivity index (χ1v) is 23.8. The van der Waals surface area contributed by atoms with E-state index >= 15 is 0 Å². The van der Waals surface area contributed by atoms with Crippen LogP contribution in [-0.2, 0) is 5.41 Å². The molecule has 2 unspecified atom stereocenters. The van der Waals surface area contributed by atoms with E-state index in [-0.39, 0.29) is 5.92 Å². The van der Waals surface area contributed by atoms with E-state index in [4.69, 9.17) is 12.6 Å². The molecule has 0 fully saturated rings. The van der Waals surface area contributed by atoms with Crippen LogP contribution in [-0.4, -0.2) is 0 Å². The summed E-state index contributed by atoms with van der Waals surface area (Å²) in [6.07, 6.45) is 17.3. The summed E-state index contributed by atoms with van der Waals surface area (Å²) in [6, 6.07) is 66.6. The Hall–Kier alpha value is -7.61. The van der Waals surface area contributed by atoms with Crippen molar-refractivity contribution in [2.24, 2.45) is 5.92 Å². The number of nitrogens with zero attached hydrogens (tertiary/aromatic N) is 1. The van der Waals surface area contributed by atoms with Gasteiger partial charge in [-0.05, 0) is 99.5 Å². The summed E-state index contributed by atoms with van der Waals surface area (Å²) in [6.45, 7) is 2.07. The lowest BCUT2D eigenvalue weighted by Gasteiger charge is -2.31. The molecule has 312 valence electrons. The van der Waals surface area contributed by atoms with E-state index < -0.39 is 5.41 Å². The standard InChI is InChI=1S/C63H43NS2/c1-2-17-42(44-20-14-21-46(34-33-44)48-23-8-12-31-58(48)65)22-16-41-64(47-37-35-45(36-38-47)43-18-4-3-5-19-43)57-30-15-29-55-60(57)51-25-6-10-27-53(51)63(55)54-28-11-7-26-52(54)61-56(63)40-39-50-49-24-9-13-32-59(49)66-62(50)61/h2-32,35-41,44,65H,1H3/b17-2-,41-16+,42-22+. The smallest absolute Gasteiger partial charge is 0.0726 e. The zero-order valence-corrected chi connectivity index (χ0v) is 38.0. The highest BCUT2D eigenvalue weighted by molar-refractivity contribution is 7.80. The highest BCUT2D eigenvalue weighted by atomic mass is 32.1. The number of allylic oxidation sites excluding steroid dienone is 9. The van der Waals surface area contributed by atoms with Crippen LogP contribution in [0.3, 0.4) is 0 Å². The highest BCUT2D eigenvalue weighted by Crippen LogP contribution is 2.66. The minimum Gasteiger partial charge on any atom is -0.317 e. The van der Waals surface area contributed by atoms with E-state index in [1.165, 1.54) is 75.8 Å². The Morgan fingerprint density at radius 1 is 0.621 bits per heavy atom. The number of thiol groups is 1. The lowest BCUT2D eigenvalue weighted by molar-refractivity contribution is 0.794. The fraction of sp³-hybridized carbons (Fsp3) is 0.0476. The van der Waals surface area contributed by atoms with Gasteiger partial charge >= 0.3 is 0 Å². The van der Waals surface area contributed by atoms with E-state index in [9.17, 15) is 0 Å². The molecule has 0 N–H and O–H groups in total. The molecule has 3 aliphatic carbocycles. The molecule has 1 heterocycles. The SMILES string of the molecule is C\C=C/C(=C\C=C\N(c1ccc(-c2ccccc2)cc1)c1cccc2c1-c1ccccc1C21c2ccccc2-c2c1ccc1c2sc2ccccc21)C1C#CC(c2ccccc2S)=CC=C1. The molecule has 0 aliphatic heterocycles. The van der Waals surface area contributed by atoms with Gasteiger partial charge in [-0.1, -0.05) is 194 Å². The van der Waals surface area contributed by atoms with Gasteiger partial charge in [0, 0.05) is 59.2 Å². The number of hydrogen-bond acceptors (Lipinski definition) is 3. The maximum absolute atomic E-state index is 4.73. The molecule has 0 radical (unpaired) electrons. The molecule has 8 aromatic carbocycles. The summed E-state index contributed by atoms with van der Waals surface area (Å²) >= 11 is 6.65. The Kier molecular flexibility index (Phi) is 9.94. The molecule has 1 nitrogen and oxygen atoms in total. The summed E-state index contributed by atoms with van der Waals surface area (Å²) < 4.78 is 2.68. The molecule has 1 spiro atoms. The summed E-state index contributed by atoms with van der Waals surface area (Å²) in [5.41, 5.74) is 17.7. The van der Waals surface area contributed by atoms with Gasteiger partial charge in [0.15, 0.2) is 0 Å². The first-order chi connectivity index (χ1) is 32.6. The Morgan fingerprint density at radius 3 is 2.08 bits per heavy atom. The van der Waals surface area contributed by atoms with Gasteiger partial charge in [0.1, 0.15) is 0 Å². The van der Waals surface area contributed by atoms with Crippen LogP contribution in [0.4, 0.5) is 11.4 Å². The number of thiophene rings is 1. The lowest BCUT2D eigenvalue weighted by atomic mass is 9.70. The largest absolute Gasteiger partial charge is 0.317 e. The van der Waals surface area contributed by atoms with Crippen molar-refractivity contribution in [3.8, 4) is 45.2 Å². The molecule has 0 saturated carbocycles. The van der Waals surface area contributed by atoms with Gasteiger partial charge in [-0.15, -0.1) is 24.0 Å². The molecule has 3 aliphatic rings. The topological polar surface area (TPSA) is 3.24 Å². The van der Waals surface area contributed by atoms with Crippen LogP contribution in [0.5, 0.6) is 0 Å². The molecule has 1 aromatic heterocycles. The maximum Gasteiger partial charge on any atom is 0.0726 e. The van der Waals surface area contributed by atoms with Gasteiger partial charge in [-0.25, -0.2) is 0 Å². The van der Waals surface area contributed by atoms with Crippen molar-refractivity contribution in [3.63, 3.8) is 0 Å². The molecule has 0 bridgehead atoms. The van der Waals surface area contributed by atoms with Gasteiger partial charge < -0.3 is 4.90 Å². The lowest BCUT2D eigenvalue weighted by Crippen LogP contribution is -2.26. The Bertz CT molecular complexity index is 3620. The van der Waals surface area contributed by atoms with E-state index in [1.807, 2.05) is 29.5 Å². The average molecular weight is 878 g/mol. The summed E-state index contributed by atoms with van der Waals surface area (Å²) in [5.74, 6) is 6.96. The minimum atomic E-state index is -0.491. The van der Waals surface area contributed by atoms with Crippen LogP contribution in [0.2, 0.25) is 0 Å². The summed E-state index contributed by atoms with van der Waals surface area (Å²) in [4.78, 5) is 3.30. The zero-order chi connectivity index (χ0) is 44.2. The van der Waals surface area contributed by atoms with Crippen LogP contribution < -0.4 is 4.90 Å². The van der Waals surface area contributed by atoms with Crippen LogP contribution in [0.25, 0.3) is 59.1 Å². The molecule has 9 aromatic rings. The molecular formula is C63H43NS2. The first kappa shape index (κ1) is 39.9. The van der Waals surface area contributed by atoms with Crippen molar-refractivity contribution in [2.75, 3.05) is 4.90 Å². The third-order valence-corrected chi connectivity index (χ3v) is 15.1. The normalized spacial score (nSPS) is 16.8. The molecule has 0 amide bonds. The van der Waals surface area contributed by atoms with Crippen LogP contribution >= 0.6 is 24.0 Å². The minimum absolute atomic E-state index is 0.0899. The number of rotatable bonds is 8. The van der Waals surface area contributed by atoms with Crippen molar-refractivity contribution in [2.45, 2.75) is 17.2 Å². The Morgan fingerprint density at radius 2 is 1.29 bits per heavy atom. The average Bonchev–Trinajstić information content (AvgIpc) is 3.92. The van der Waals surface area contributed by atoms with Gasteiger partial charge in [-0.2, -0.15) is 0 Å². The van der Waals surface area contributed by atoms with Crippen LogP contribution in [0, 0.1) is 17.8 Å². The van der Waals surface area contributed by atoms with Gasteiger partial charge in [0.2, 0.25) is 0 Å². The summed E-state index contributed by atoms with van der Waals surface area (Å²) in [7, 11) is 0. The molecular weight excluding hydrogens is 835 g/mol. The van der Waals surface area contributed by atoms with Crippen molar-refractivity contribution in [1.29, 1.82) is 0 Å². The quantitative estimate of drug-likeness (QED) is 0.0904. The Labute approximate surface area is 396 Å². The van der Waals surface area contributed by atoms with Gasteiger partial charge in [0.05, 0.1) is 17.0 Å². The zero-order valence-electron chi connectivity index (χ0n) is 36.3. The van der Waals surface area contributed by atoms with E-state index in [2.05, 4.69) is 236 Å². The van der Waals surface area contributed by atoms with Gasteiger partial charge in [-0.3, -0.25) is 0 Å².